The van der Waals surface area contributed by atoms with E-state index in [1.165, 1.54) is 0 Å². The molecule has 90 valence electrons. The summed E-state index contributed by atoms with van der Waals surface area (Å²) in [5.41, 5.74) is 3.51. The molecule has 6 heteroatoms. The van der Waals surface area contributed by atoms with Gasteiger partial charge in [0.1, 0.15) is 5.82 Å². The Kier molecular flexibility index (Phi) is 3.56. The minimum atomic E-state index is 0.289. The van der Waals surface area contributed by atoms with Crippen LogP contribution < -0.4 is 16.6 Å². The maximum absolute atomic E-state index is 5.31. The number of hydrazine groups is 1. The highest BCUT2D eigenvalue weighted by Gasteiger charge is 2.03. The molecule has 2 aromatic heterocycles. The van der Waals surface area contributed by atoms with Crippen LogP contribution in [0.25, 0.3) is 0 Å². The highest BCUT2D eigenvalue weighted by atomic mass is 15.2. The molecule has 2 heterocycles. The van der Waals surface area contributed by atoms with E-state index >= 15 is 0 Å². The molecule has 2 rings (SSSR count). The summed E-state index contributed by atoms with van der Waals surface area (Å²) >= 11 is 0. The van der Waals surface area contributed by atoms with E-state index in [0.717, 1.165) is 12.2 Å². The smallest absolute Gasteiger partial charge is 0.141 e. The predicted octanol–water partition coefficient (Wildman–Crippen LogP) is 1.06. The average Bonchev–Trinajstić information content (AvgIpc) is 2.82. The lowest BCUT2D eigenvalue weighted by Gasteiger charge is -2.16. The topological polar surface area (TPSA) is 80.8 Å². The van der Waals surface area contributed by atoms with Crippen molar-refractivity contribution in [3.8, 4) is 0 Å². The Hall–Kier alpha value is -2.08. The molecule has 1 unspecified atom stereocenters. The molecule has 17 heavy (non-hydrogen) atoms. The molecule has 1 atom stereocenters. The van der Waals surface area contributed by atoms with Gasteiger partial charge in [-0.1, -0.05) is 0 Å². The summed E-state index contributed by atoms with van der Waals surface area (Å²) in [7, 11) is 0. The Morgan fingerprint density at radius 2 is 2.35 bits per heavy atom. The van der Waals surface area contributed by atoms with Crippen LogP contribution >= 0.6 is 0 Å². The molecule has 0 aliphatic carbocycles. The van der Waals surface area contributed by atoms with Gasteiger partial charge in [-0.05, 0) is 13.0 Å². The molecular formula is C11H16N6. The van der Waals surface area contributed by atoms with Gasteiger partial charge in [-0.2, -0.15) is 0 Å². The number of pyridine rings is 1. The quantitative estimate of drug-likeness (QED) is 0.530. The molecule has 0 aromatic carbocycles. The average molecular weight is 232 g/mol. The number of nitrogen functional groups attached to an aromatic ring is 1. The van der Waals surface area contributed by atoms with E-state index in [0.29, 0.717) is 5.82 Å². The van der Waals surface area contributed by atoms with Gasteiger partial charge in [0.05, 0.1) is 6.33 Å². The molecule has 0 aliphatic rings. The van der Waals surface area contributed by atoms with Gasteiger partial charge in [-0.3, -0.25) is 0 Å². The maximum atomic E-state index is 5.31. The molecule has 0 radical (unpaired) electrons. The lowest BCUT2D eigenvalue weighted by molar-refractivity contribution is 0.619. The number of hydrogen-bond acceptors (Lipinski definition) is 5. The number of anilines is 2. The zero-order chi connectivity index (χ0) is 12.1. The van der Waals surface area contributed by atoms with E-state index in [-0.39, 0.29) is 6.04 Å². The van der Waals surface area contributed by atoms with Crippen LogP contribution in [0.15, 0.2) is 37.1 Å². The highest BCUT2D eigenvalue weighted by molar-refractivity contribution is 5.51. The SMILES string of the molecule is CC(Cn1ccnc1)Nc1ccnc(NN)c1. The zero-order valence-corrected chi connectivity index (χ0v) is 9.67. The Balaban J connectivity index is 1.95. The van der Waals surface area contributed by atoms with Crippen molar-refractivity contribution in [3.63, 3.8) is 0 Å². The summed E-state index contributed by atoms with van der Waals surface area (Å²) in [4.78, 5) is 8.06. The lowest BCUT2D eigenvalue weighted by atomic mass is 10.3. The summed E-state index contributed by atoms with van der Waals surface area (Å²) in [6, 6.07) is 4.06. The fraction of sp³-hybridized carbons (Fsp3) is 0.273. The van der Waals surface area contributed by atoms with Crippen LogP contribution in [0.2, 0.25) is 0 Å². The third-order valence-corrected chi connectivity index (χ3v) is 2.36. The van der Waals surface area contributed by atoms with Crippen LogP contribution in [0.1, 0.15) is 6.92 Å². The van der Waals surface area contributed by atoms with Gasteiger partial charge in [-0.15, -0.1) is 0 Å². The third kappa shape index (κ3) is 3.18. The predicted molar refractivity (Wildman–Crippen MR) is 67.4 cm³/mol. The number of nitrogens with two attached hydrogens (primary N) is 1. The van der Waals surface area contributed by atoms with Crippen molar-refractivity contribution >= 4 is 11.5 Å². The van der Waals surface area contributed by atoms with Crippen LogP contribution in [0.3, 0.4) is 0 Å². The standard InChI is InChI=1S/C11H16N6/c1-9(7-17-5-4-13-8-17)15-10-2-3-14-11(6-10)16-12/h2-6,8-9H,7,12H2,1H3,(H2,14,15,16). The Bertz CT molecular complexity index is 453. The first-order valence-corrected chi connectivity index (χ1v) is 5.43. The minimum absolute atomic E-state index is 0.289. The fourth-order valence-corrected chi connectivity index (χ4v) is 1.64. The van der Waals surface area contributed by atoms with Gasteiger partial charge < -0.3 is 15.3 Å². The lowest BCUT2D eigenvalue weighted by Crippen LogP contribution is -2.21. The summed E-state index contributed by atoms with van der Waals surface area (Å²) in [5, 5.41) is 3.37. The largest absolute Gasteiger partial charge is 0.381 e. The van der Waals surface area contributed by atoms with E-state index in [2.05, 4.69) is 27.6 Å². The second kappa shape index (κ2) is 5.31. The molecule has 0 spiro atoms. The van der Waals surface area contributed by atoms with E-state index in [1.807, 2.05) is 22.9 Å². The number of nitrogens with one attached hydrogen (secondary N) is 2. The van der Waals surface area contributed by atoms with Crippen molar-refractivity contribution in [1.82, 2.24) is 14.5 Å². The monoisotopic (exact) mass is 232 g/mol. The molecule has 0 saturated heterocycles. The second-order valence-electron chi connectivity index (χ2n) is 3.88. The molecular weight excluding hydrogens is 216 g/mol. The highest BCUT2D eigenvalue weighted by Crippen LogP contribution is 2.12. The van der Waals surface area contributed by atoms with E-state index < -0.39 is 0 Å². The van der Waals surface area contributed by atoms with Gasteiger partial charge in [0, 0.05) is 42.9 Å². The van der Waals surface area contributed by atoms with Crippen LogP contribution in [0.5, 0.6) is 0 Å². The number of imidazole rings is 1. The van der Waals surface area contributed by atoms with E-state index in [1.54, 1.807) is 18.7 Å². The molecule has 0 aliphatic heterocycles. The van der Waals surface area contributed by atoms with Gasteiger partial charge in [0.15, 0.2) is 0 Å². The van der Waals surface area contributed by atoms with Crippen molar-refractivity contribution in [2.75, 3.05) is 10.7 Å². The second-order valence-corrected chi connectivity index (χ2v) is 3.88. The normalized spacial score (nSPS) is 12.1. The van der Waals surface area contributed by atoms with Crippen LogP contribution in [0, 0.1) is 0 Å². The fourth-order valence-electron chi connectivity index (χ4n) is 1.64. The van der Waals surface area contributed by atoms with E-state index in [4.69, 9.17) is 5.84 Å². The summed E-state index contributed by atoms with van der Waals surface area (Å²) in [6.45, 7) is 2.96. The summed E-state index contributed by atoms with van der Waals surface area (Å²) < 4.78 is 2.03. The van der Waals surface area contributed by atoms with Gasteiger partial charge in [-0.25, -0.2) is 15.8 Å². The van der Waals surface area contributed by atoms with E-state index in [9.17, 15) is 0 Å². The van der Waals surface area contributed by atoms with Gasteiger partial charge in [0.25, 0.3) is 0 Å². The first-order chi connectivity index (χ1) is 8.28. The Morgan fingerprint density at radius 1 is 1.47 bits per heavy atom. The first kappa shape index (κ1) is 11.4. The number of hydrogen-bond donors (Lipinski definition) is 3. The van der Waals surface area contributed by atoms with Crippen LogP contribution in [-0.4, -0.2) is 20.6 Å². The van der Waals surface area contributed by atoms with Crippen molar-refractivity contribution in [2.45, 2.75) is 19.5 Å². The van der Waals surface area contributed by atoms with Crippen LogP contribution in [-0.2, 0) is 6.54 Å². The number of aromatic nitrogens is 3. The molecule has 0 amide bonds. The van der Waals surface area contributed by atoms with Gasteiger partial charge >= 0.3 is 0 Å². The first-order valence-electron chi connectivity index (χ1n) is 5.43. The molecule has 2 aromatic rings. The summed E-state index contributed by atoms with van der Waals surface area (Å²) in [6.07, 6.45) is 7.23. The molecule has 6 nitrogen and oxygen atoms in total. The van der Waals surface area contributed by atoms with Crippen molar-refractivity contribution in [1.29, 1.82) is 0 Å². The van der Waals surface area contributed by atoms with Crippen molar-refractivity contribution < 1.29 is 0 Å². The maximum Gasteiger partial charge on any atom is 0.141 e. The third-order valence-electron chi connectivity index (χ3n) is 2.36. The number of rotatable bonds is 5. The Labute approximate surface area is 99.9 Å². The van der Waals surface area contributed by atoms with Crippen molar-refractivity contribution in [2.24, 2.45) is 5.84 Å². The molecule has 0 bridgehead atoms. The number of nitrogens with zero attached hydrogens (tertiary/aromatic N) is 3. The van der Waals surface area contributed by atoms with Crippen molar-refractivity contribution in [3.05, 3.63) is 37.1 Å². The zero-order valence-electron chi connectivity index (χ0n) is 9.67. The molecule has 0 saturated carbocycles. The molecule has 4 N–H and O–H groups in total. The molecule has 0 fully saturated rings. The summed E-state index contributed by atoms with van der Waals surface area (Å²) in [5.74, 6) is 5.95. The van der Waals surface area contributed by atoms with Crippen LogP contribution in [0.4, 0.5) is 11.5 Å². The Morgan fingerprint density at radius 3 is 3.06 bits per heavy atom. The van der Waals surface area contributed by atoms with Gasteiger partial charge in [0.2, 0.25) is 0 Å². The minimum Gasteiger partial charge on any atom is -0.381 e.